The third-order valence-corrected chi connectivity index (χ3v) is 9.87. The summed E-state index contributed by atoms with van der Waals surface area (Å²) in [4.78, 5) is 25.2. The first-order chi connectivity index (χ1) is 28.8. The molecule has 1 aliphatic rings. The number of esters is 2. The van der Waals surface area contributed by atoms with E-state index in [1.807, 2.05) is 24.3 Å². The molecule has 10 nitrogen and oxygen atoms in total. The largest absolute Gasteiger partial charge is 0.458 e. The van der Waals surface area contributed by atoms with Crippen LogP contribution in [0.15, 0.2) is 85.1 Å². The molecule has 1 aliphatic heterocycles. The normalized spacial score (nSPS) is 20.8. The van der Waals surface area contributed by atoms with Gasteiger partial charge in [0.1, 0.15) is 31.0 Å². The molecule has 0 amide bonds. The van der Waals surface area contributed by atoms with Crippen molar-refractivity contribution >= 4 is 11.9 Å². The fourth-order valence-electron chi connectivity index (χ4n) is 6.26. The van der Waals surface area contributed by atoms with E-state index >= 15 is 0 Å². The number of ether oxygens (including phenoxy) is 4. The summed E-state index contributed by atoms with van der Waals surface area (Å²) >= 11 is 0. The highest BCUT2D eigenvalue weighted by Gasteiger charge is 2.44. The fraction of sp³-hybridized carbons (Fsp3) is 0.673. The first-order valence-electron chi connectivity index (χ1n) is 22.7. The predicted octanol–water partition coefficient (Wildman–Crippen LogP) is 9.77. The molecule has 0 aliphatic carbocycles. The summed E-state index contributed by atoms with van der Waals surface area (Å²) in [6.45, 7) is 3.19. The van der Waals surface area contributed by atoms with Crippen molar-refractivity contribution in [2.24, 2.45) is 0 Å². The van der Waals surface area contributed by atoms with E-state index in [0.29, 0.717) is 6.42 Å². The molecule has 2 unspecified atom stereocenters. The van der Waals surface area contributed by atoms with Crippen LogP contribution in [0.2, 0.25) is 0 Å². The Hall–Kier alpha value is -3.12. The summed E-state index contributed by atoms with van der Waals surface area (Å²) in [5, 5.41) is 40.0. The lowest BCUT2D eigenvalue weighted by Gasteiger charge is -2.39. The summed E-state index contributed by atoms with van der Waals surface area (Å²) < 4.78 is 21.9. The number of hydrogen-bond donors (Lipinski definition) is 4. The van der Waals surface area contributed by atoms with Gasteiger partial charge in [-0.2, -0.15) is 0 Å². The minimum Gasteiger partial charge on any atom is -0.458 e. The van der Waals surface area contributed by atoms with Crippen molar-refractivity contribution in [3.63, 3.8) is 0 Å². The number of carbonyl (C=O) groups is 2. The quantitative estimate of drug-likeness (QED) is 0.0158. The highest BCUT2D eigenvalue weighted by Crippen LogP contribution is 2.22. The summed E-state index contributed by atoms with van der Waals surface area (Å²) in [6.07, 6.45) is 43.7. The van der Waals surface area contributed by atoms with E-state index in [4.69, 9.17) is 18.9 Å². The van der Waals surface area contributed by atoms with Gasteiger partial charge >= 0.3 is 11.9 Å². The molecule has 336 valence electrons. The number of rotatable bonds is 36. The molecule has 0 bridgehead atoms. The first-order valence-corrected chi connectivity index (χ1v) is 22.7. The molecule has 10 heteroatoms. The van der Waals surface area contributed by atoms with Crippen LogP contribution in [0.1, 0.15) is 155 Å². The van der Waals surface area contributed by atoms with Crippen LogP contribution in [0.3, 0.4) is 0 Å². The summed E-state index contributed by atoms with van der Waals surface area (Å²) in [5.74, 6) is -1.16. The van der Waals surface area contributed by atoms with Crippen molar-refractivity contribution < 1.29 is 49.0 Å². The smallest absolute Gasteiger partial charge is 0.330 e. The lowest BCUT2D eigenvalue weighted by atomic mass is 9.99. The molecular formula is C49H80O10. The van der Waals surface area contributed by atoms with E-state index in [2.05, 4.69) is 62.5 Å². The lowest BCUT2D eigenvalue weighted by Crippen LogP contribution is -2.59. The average molecular weight is 829 g/mol. The molecule has 1 fully saturated rings. The van der Waals surface area contributed by atoms with Gasteiger partial charge < -0.3 is 39.4 Å². The summed E-state index contributed by atoms with van der Waals surface area (Å²) in [5.41, 5.74) is 0. The Bertz CT molecular complexity index is 1230. The predicted molar refractivity (Wildman–Crippen MR) is 237 cm³/mol. The van der Waals surface area contributed by atoms with Crippen molar-refractivity contribution in [2.45, 2.75) is 192 Å². The van der Waals surface area contributed by atoms with Gasteiger partial charge in [-0.3, -0.25) is 4.79 Å². The zero-order valence-electron chi connectivity index (χ0n) is 36.5. The van der Waals surface area contributed by atoms with Gasteiger partial charge in [0, 0.05) is 12.5 Å². The van der Waals surface area contributed by atoms with Crippen LogP contribution in [0.5, 0.6) is 0 Å². The summed E-state index contributed by atoms with van der Waals surface area (Å²) in [7, 11) is 0. The molecule has 0 aromatic rings. The zero-order valence-corrected chi connectivity index (χ0v) is 36.5. The zero-order chi connectivity index (χ0) is 43.0. The Labute approximate surface area is 356 Å². The van der Waals surface area contributed by atoms with Crippen LogP contribution in [0, 0.1) is 0 Å². The van der Waals surface area contributed by atoms with E-state index in [0.717, 1.165) is 38.5 Å². The van der Waals surface area contributed by atoms with Crippen LogP contribution in [0.4, 0.5) is 0 Å². The van der Waals surface area contributed by atoms with Crippen LogP contribution < -0.4 is 0 Å². The topological polar surface area (TPSA) is 152 Å². The Morgan fingerprint density at radius 3 is 1.64 bits per heavy atom. The Kier molecular flexibility index (Phi) is 35.7. The van der Waals surface area contributed by atoms with E-state index < -0.39 is 55.4 Å². The molecule has 0 spiro atoms. The molecule has 1 heterocycles. The molecule has 1 rings (SSSR count). The molecule has 0 aromatic heterocycles. The van der Waals surface area contributed by atoms with Crippen LogP contribution >= 0.6 is 0 Å². The molecule has 6 atom stereocenters. The average Bonchev–Trinajstić information content (AvgIpc) is 3.23. The van der Waals surface area contributed by atoms with E-state index in [9.17, 15) is 30.0 Å². The highest BCUT2D eigenvalue weighted by molar-refractivity contribution is 5.82. The number of carbonyl (C=O) groups excluding carboxylic acids is 2. The molecule has 0 aromatic carbocycles. The van der Waals surface area contributed by atoms with Crippen molar-refractivity contribution in [1.82, 2.24) is 0 Å². The minimum atomic E-state index is -1.62. The van der Waals surface area contributed by atoms with Crippen molar-refractivity contribution in [1.29, 1.82) is 0 Å². The standard InChI is InChI=1S/C49H80O10/c1-3-5-7-9-11-13-15-17-19-20-21-22-24-26-28-30-32-34-36-38-45(52)58-42(41-57-49-48(55)47(54)46(53)43(39-50)59-49)40-56-44(51)37-35-33-31-29-27-25-23-18-16-14-12-10-8-6-4-2/h11,13,17,19,21-22,26,28,31-35,37,42-43,46-50,53-55H,3-10,12,14-16,18,20,23-25,27,29-30,36,38-41H2,1-2H3/b13-11+,19-17+,22-21+,28-26+,33-31+,34-32+,37-35+/t42-,43-,46+,47?,48?,49-/m1/s1. The van der Waals surface area contributed by atoms with Gasteiger partial charge in [0.15, 0.2) is 12.4 Å². The first kappa shape index (κ1) is 53.9. The van der Waals surface area contributed by atoms with Gasteiger partial charge in [0.2, 0.25) is 0 Å². The third-order valence-electron chi connectivity index (χ3n) is 9.87. The number of allylic oxidation sites excluding steroid dienone is 13. The number of aliphatic hydroxyl groups excluding tert-OH is 4. The maximum absolute atomic E-state index is 12.7. The minimum absolute atomic E-state index is 0.0828. The molecule has 4 N–H and O–H groups in total. The molecule has 0 saturated carbocycles. The fourth-order valence-corrected chi connectivity index (χ4v) is 6.26. The van der Waals surface area contributed by atoms with Crippen molar-refractivity contribution in [3.05, 3.63) is 85.1 Å². The summed E-state index contributed by atoms with van der Waals surface area (Å²) in [6, 6.07) is 0. The Morgan fingerprint density at radius 2 is 1.07 bits per heavy atom. The second-order valence-electron chi connectivity index (χ2n) is 15.2. The monoisotopic (exact) mass is 829 g/mol. The number of unbranched alkanes of at least 4 members (excludes halogenated alkanes) is 14. The van der Waals surface area contributed by atoms with Gasteiger partial charge in [0.05, 0.1) is 13.2 Å². The van der Waals surface area contributed by atoms with Gasteiger partial charge in [-0.05, 0) is 57.8 Å². The second kappa shape index (κ2) is 39.0. The maximum Gasteiger partial charge on any atom is 0.330 e. The molecule has 59 heavy (non-hydrogen) atoms. The molecular weight excluding hydrogens is 749 g/mol. The van der Waals surface area contributed by atoms with Crippen LogP contribution in [-0.4, -0.2) is 89.0 Å². The van der Waals surface area contributed by atoms with Gasteiger partial charge in [-0.1, -0.05) is 170 Å². The van der Waals surface area contributed by atoms with E-state index in [1.165, 1.54) is 96.0 Å². The lowest BCUT2D eigenvalue weighted by molar-refractivity contribution is -0.305. The Balaban J connectivity index is 2.45. The molecule has 0 radical (unpaired) electrons. The Morgan fingerprint density at radius 1 is 0.576 bits per heavy atom. The second-order valence-corrected chi connectivity index (χ2v) is 15.2. The number of aliphatic hydroxyl groups is 4. The van der Waals surface area contributed by atoms with Crippen molar-refractivity contribution in [2.75, 3.05) is 19.8 Å². The number of hydrogen-bond acceptors (Lipinski definition) is 10. The van der Waals surface area contributed by atoms with Gasteiger partial charge in [-0.25, -0.2) is 4.79 Å². The van der Waals surface area contributed by atoms with E-state index in [-0.39, 0.29) is 19.6 Å². The van der Waals surface area contributed by atoms with Gasteiger partial charge in [0.25, 0.3) is 0 Å². The van der Waals surface area contributed by atoms with E-state index in [1.54, 1.807) is 6.08 Å². The maximum atomic E-state index is 12.7. The van der Waals surface area contributed by atoms with Crippen LogP contribution in [0.25, 0.3) is 0 Å². The van der Waals surface area contributed by atoms with Gasteiger partial charge in [-0.15, -0.1) is 0 Å². The molecule has 1 saturated heterocycles. The third kappa shape index (κ3) is 30.5. The van der Waals surface area contributed by atoms with Crippen LogP contribution in [-0.2, 0) is 28.5 Å². The SMILES string of the molecule is CCCCC/C=C/C/C=C/C/C=C/C/C=C/C/C=C/CCC(=O)O[C@H](COC(=O)/C=C/C=C/CCCCCCCCCCCCC)CO[C@@H]1O[C@H](CO)[C@H](O)C(O)C1O. The van der Waals surface area contributed by atoms with Crippen molar-refractivity contribution in [3.8, 4) is 0 Å². The highest BCUT2D eigenvalue weighted by atomic mass is 16.7.